The molecular formula is C19H29ClN2O2. The van der Waals surface area contributed by atoms with Gasteiger partial charge >= 0.3 is 0 Å². The third kappa shape index (κ3) is 4.95. The van der Waals surface area contributed by atoms with Crippen LogP contribution in [0, 0.1) is 11.8 Å². The van der Waals surface area contributed by atoms with Crippen molar-refractivity contribution < 1.29 is 9.53 Å². The number of hydrogen-bond donors (Lipinski definition) is 1. The van der Waals surface area contributed by atoms with Gasteiger partial charge in [0, 0.05) is 18.0 Å². The topological polar surface area (TPSA) is 41.6 Å². The highest BCUT2D eigenvalue weighted by Crippen LogP contribution is 2.24. The summed E-state index contributed by atoms with van der Waals surface area (Å²) in [6.07, 6.45) is 4.58. The second-order valence-electron chi connectivity index (χ2n) is 6.86. The van der Waals surface area contributed by atoms with Crippen molar-refractivity contribution in [2.45, 2.75) is 25.7 Å². The van der Waals surface area contributed by atoms with Crippen LogP contribution >= 0.6 is 12.4 Å². The molecule has 0 aromatic heterocycles. The van der Waals surface area contributed by atoms with Crippen molar-refractivity contribution in [1.82, 2.24) is 10.2 Å². The lowest BCUT2D eigenvalue weighted by atomic mass is 9.88. The fraction of sp³-hybridized carbons (Fsp3) is 0.632. The number of Topliss-reactive ketones (excluding diaryl/α,β-unsaturated/α-hetero) is 1. The average molecular weight is 353 g/mol. The maximum Gasteiger partial charge on any atom is 0.166 e. The lowest BCUT2D eigenvalue weighted by Gasteiger charge is -2.35. The summed E-state index contributed by atoms with van der Waals surface area (Å²) < 4.78 is 5.16. The first-order chi connectivity index (χ1) is 11.3. The van der Waals surface area contributed by atoms with Crippen molar-refractivity contribution in [3.05, 3.63) is 29.8 Å². The quantitative estimate of drug-likeness (QED) is 0.827. The van der Waals surface area contributed by atoms with Crippen molar-refractivity contribution in [2.24, 2.45) is 11.8 Å². The second-order valence-corrected chi connectivity index (χ2v) is 6.86. The van der Waals surface area contributed by atoms with Crippen LogP contribution in [0.2, 0.25) is 0 Å². The van der Waals surface area contributed by atoms with E-state index in [0.717, 1.165) is 56.3 Å². The van der Waals surface area contributed by atoms with E-state index in [0.29, 0.717) is 5.78 Å². The Hall–Kier alpha value is -1.10. The third-order valence-electron chi connectivity index (χ3n) is 5.31. The number of carbonyl (C=O) groups is 1. The number of piperidine rings is 2. The van der Waals surface area contributed by atoms with Crippen molar-refractivity contribution in [3.8, 4) is 5.75 Å². The summed E-state index contributed by atoms with van der Waals surface area (Å²) in [5, 5.41) is 3.43. The number of ketones is 1. The van der Waals surface area contributed by atoms with Gasteiger partial charge < -0.3 is 15.0 Å². The molecule has 1 N–H and O–H groups in total. The Morgan fingerprint density at radius 1 is 1.12 bits per heavy atom. The van der Waals surface area contributed by atoms with Gasteiger partial charge in [-0.25, -0.2) is 0 Å². The highest BCUT2D eigenvalue weighted by atomic mass is 35.5. The number of nitrogens with one attached hydrogen (secondary N) is 1. The standard InChI is InChI=1S/C19H28N2O2.ClH/c1-23-18-4-2-16(3-5-18)19(22)17-8-12-21(13-9-17)14-15-6-10-20-11-7-15;/h2-5,15,17,20H,6-14H2,1H3;1H. The van der Waals surface area contributed by atoms with E-state index in [4.69, 9.17) is 4.74 Å². The number of rotatable bonds is 5. The smallest absolute Gasteiger partial charge is 0.166 e. The largest absolute Gasteiger partial charge is 0.497 e. The molecular weight excluding hydrogens is 324 g/mol. The molecule has 0 amide bonds. The summed E-state index contributed by atoms with van der Waals surface area (Å²) in [6.45, 7) is 5.67. The molecule has 1 aromatic rings. The first kappa shape index (κ1) is 19.2. The molecule has 0 unspecified atom stereocenters. The number of halogens is 1. The number of methoxy groups -OCH3 is 1. The zero-order chi connectivity index (χ0) is 16.1. The van der Waals surface area contributed by atoms with Gasteiger partial charge in [-0.2, -0.15) is 0 Å². The van der Waals surface area contributed by atoms with Gasteiger partial charge in [0.25, 0.3) is 0 Å². The normalized spacial score (nSPS) is 20.4. The number of carbonyl (C=O) groups excluding carboxylic acids is 1. The zero-order valence-corrected chi connectivity index (χ0v) is 15.3. The van der Waals surface area contributed by atoms with E-state index in [1.165, 1.54) is 19.4 Å². The Morgan fingerprint density at radius 3 is 2.33 bits per heavy atom. The monoisotopic (exact) mass is 352 g/mol. The first-order valence-electron chi connectivity index (χ1n) is 8.87. The molecule has 5 heteroatoms. The van der Waals surface area contributed by atoms with E-state index in [1.807, 2.05) is 24.3 Å². The highest BCUT2D eigenvalue weighted by Gasteiger charge is 2.27. The molecule has 0 saturated carbocycles. The van der Waals surface area contributed by atoms with Gasteiger partial charge in [0.15, 0.2) is 5.78 Å². The number of ether oxygens (including phenoxy) is 1. The molecule has 0 atom stereocenters. The van der Waals surface area contributed by atoms with Gasteiger partial charge in [-0.05, 0) is 82.0 Å². The van der Waals surface area contributed by atoms with Crippen molar-refractivity contribution >= 4 is 18.2 Å². The van der Waals surface area contributed by atoms with Crippen LogP contribution in [0.1, 0.15) is 36.0 Å². The lowest BCUT2D eigenvalue weighted by Crippen LogP contribution is -2.41. The summed E-state index contributed by atoms with van der Waals surface area (Å²) in [5.74, 6) is 2.13. The molecule has 0 aliphatic carbocycles. The molecule has 2 saturated heterocycles. The minimum atomic E-state index is 0. The third-order valence-corrected chi connectivity index (χ3v) is 5.31. The van der Waals surface area contributed by atoms with E-state index in [9.17, 15) is 4.79 Å². The number of hydrogen-bond acceptors (Lipinski definition) is 4. The number of nitrogens with zero attached hydrogens (tertiary/aromatic N) is 1. The first-order valence-corrected chi connectivity index (χ1v) is 8.87. The van der Waals surface area contributed by atoms with Crippen molar-refractivity contribution in [1.29, 1.82) is 0 Å². The highest BCUT2D eigenvalue weighted by molar-refractivity contribution is 5.98. The molecule has 2 aliphatic heterocycles. The van der Waals surface area contributed by atoms with E-state index >= 15 is 0 Å². The maximum atomic E-state index is 12.6. The molecule has 134 valence electrons. The van der Waals surface area contributed by atoms with Gasteiger partial charge in [-0.3, -0.25) is 4.79 Å². The van der Waals surface area contributed by atoms with E-state index in [1.54, 1.807) is 7.11 Å². The van der Waals surface area contributed by atoms with Gasteiger partial charge in [0.2, 0.25) is 0 Å². The van der Waals surface area contributed by atoms with Crippen LogP contribution in [-0.2, 0) is 0 Å². The van der Waals surface area contributed by atoms with Crippen LogP contribution in [0.15, 0.2) is 24.3 Å². The molecule has 2 heterocycles. The van der Waals surface area contributed by atoms with E-state index < -0.39 is 0 Å². The van der Waals surface area contributed by atoms with Crippen LogP contribution < -0.4 is 10.1 Å². The van der Waals surface area contributed by atoms with Gasteiger partial charge in [0.1, 0.15) is 5.75 Å². The Kier molecular flexibility index (Phi) is 7.53. The van der Waals surface area contributed by atoms with Crippen LogP contribution in [0.3, 0.4) is 0 Å². The Labute approximate surface area is 151 Å². The molecule has 0 bridgehead atoms. The molecule has 24 heavy (non-hydrogen) atoms. The summed E-state index contributed by atoms with van der Waals surface area (Å²) in [6, 6.07) is 7.53. The zero-order valence-electron chi connectivity index (χ0n) is 14.5. The van der Waals surface area contributed by atoms with Gasteiger partial charge in [-0.1, -0.05) is 0 Å². The molecule has 3 rings (SSSR count). The second kappa shape index (κ2) is 9.40. The Morgan fingerprint density at radius 2 is 1.75 bits per heavy atom. The van der Waals surface area contributed by atoms with Crippen LogP contribution in [0.25, 0.3) is 0 Å². The maximum absolute atomic E-state index is 12.6. The fourth-order valence-electron chi connectivity index (χ4n) is 3.80. The fourth-order valence-corrected chi connectivity index (χ4v) is 3.80. The van der Waals surface area contributed by atoms with Crippen molar-refractivity contribution in [3.63, 3.8) is 0 Å². The van der Waals surface area contributed by atoms with E-state index in [2.05, 4.69) is 10.2 Å². The van der Waals surface area contributed by atoms with Gasteiger partial charge in [0.05, 0.1) is 7.11 Å². The minimum Gasteiger partial charge on any atom is -0.497 e. The number of likely N-dealkylation sites (tertiary alicyclic amines) is 1. The average Bonchev–Trinajstić information content (AvgIpc) is 2.63. The van der Waals surface area contributed by atoms with Gasteiger partial charge in [-0.15, -0.1) is 12.4 Å². The van der Waals surface area contributed by atoms with Crippen LogP contribution in [0.5, 0.6) is 5.75 Å². The molecule has 4 nitrogen and oxygen atoms in total. The predicted molar refractivity (Wildman–Crippen MR) is 99.3 cm³/mol. The molecule has 2 fully saturated rings. The number of benzene rings is 1. The Balaban J connectivity index is 0.00000208. The van der Waals surface area contributed by atoms with E-state index in [-0.39, 0.29) is 18.3 Å². The molecule has 0 spiro atoms. The van der Waals surface area contributed by atoms with Crippen molar-refractivity contribution in [2.75, 3.05) is 39.8 Å². The summed E-state index contributed by atoms with van der Waals surface area (Å²) >= 11 is 0. The summed E-state index contributed by atoms with van der Waals surface area (Å²) in [4.78, 5) is 15.2. The summed E-state index contributed by atoms with van der Waals surface area (Å²) in [7, 11) is 1.65. The lowest BCUT2D eigenvalue weighted by molar-refractivity contribution is 0.0819. The summed E-state index contributed by atoms with van der Waals surface area (Å²) in [5.41, 5.74) is 0.822. The minimum absolute atomic E-state index is 0. The van der Waals surface area contributed by atoms with Crippen LogP contribution in [-0.4, -0.2) is 50.5 Å². The predicted octanol–water partition coefficient (Wildman–Crippen LogP) is 3.01. The Bertz CT molecular complexity index is 507. The molecule has 1 aromatic carbocycles. The van der Waals surface area contributed by atoms with Crippen LogP contribution in [0.4, 0.5) is 0 Å². The SMILES string of the molecule is COc1ccc(C(=O)C2CCN(CC3CCNCC3)CC2)cc1.Cl. The molecule has 2 aliphatic rings. The molecule has 0 radical (unpaired) electrons.